The van der Waals surface area contributed by atoms with Crippen molar-refractivity contribution < 1.29 is 27.9 Å². The third-order valence-corrected chi connectivity index (χ3v) is 5.02. The van der Waals surface area contributed by atoms with Crippen LogP contribution in [0.15, 0.2) is 36.5 Å². The van der Waals surface area contributed by atoms with Crippen LogP contribution in [0.2, 0.25) is 0 Å². The number of halogens is 3. The highest BCUT2D eigenvalue weighted by molar-refractivity contribution is 5.93. The molecule has 1 aliphatic carbocycles. The lowest BCUT2D eigenvalue weighted by atomic mass is 9.80. The first kappa shape index (κ1) is 19.9. The number of amides is 1. The quantitative estimate of drug-likeness (QED) is 0.792. The summed E-state index contributed by atoms with van der Waals surface area (Å²) in [7, 11) is 0. The van der Waals surface area contributed by atoms with Crippen molar-refractivity contribution in [3.05, 3.63) is 42.2 Å². The molecule has 0 saturated heterocycles. The summed E-state index contributed by atoms with van der Waals surface area (Å²) in [5, 5.41) is 15.7. The average molecular weight is 395 g/mol. The highest BCUT2D eigenvalue weighted by Gasteiger charge is 2.41. The average Bonchev–Trinajstić information content (AvgIpc) is 3.12. The Bertz CT molecular complexity index is 855. The Balaban J connectivity index is 1.63. The number of para-hydroxylation sites is 2. The Morgan fingerprint density at radius 2 is 1.82 bits per heavy atom. The molecule has 1 fully saturated rings. The first-order chi connectivity index (χ1) is 13.2. The minimum absolute atomic E-state index is 0.0588. The van der Waals surface area contributed by atoms with Gasteiger partial charge in [-0.25, -0.2) is 9.48 Å². The molecule has 3 rings (SSSR count). The second-order valence-electron chi connectivity index (χ2n) is 6.98. The van der Waals surface area contributed by atoms with Gasteiger partial charge in [0.05, 0.1) is 17.3 Å². The minimum atomic E-state index is -4.16. The molecule has 1 aliphatic rings. The van der Waals surface area contributed by atoms with E-state index in [0.717, 1.165) is 0 Å². The summed E-state index contributed by atoms with van der Waals surface area (Å²) in [5.41, 5.74) is 0.836. The molecule has 1 aromatic carbocycles. The Hall–Kier alpha value is -2.84. The number of carboxylic acid groups (broad SMARTS) is 1. The molecule has 0 aliphatic heterocycles. The van der Waals surface area contributed by atoms with Gasteiger partial charge in [0.25, 0.3) is 0 Å². The van der Waals surface area contributed by atoms with Crippen LogP contribution >= 0.6 is 0 Å². The van der Waals surface area contributed by atoms with Crippen LogP contribution in [-0.2, 0) is 4.79 Å². The van der Waals surface area contributed by atoms with Crippen LogP contribution in [0.1, 0.15) is 42.6 Å². The largest absolute Gasteiger partial charge is 0.476 e. The molecule has 1 amide bonds. The van der Waals surface area contributed by atoms with E-state index in [1.807, 2.05) is 0 Å². The van der Waals surface area contributed by atoms with Crippen molar-refractivity contribution in [3.63, 3.8) is 0 Å². The van der Waals surface area contributed by atoms with Crippen molar-refractivity contribution in [2.24, 2.45) is 11.8 Å². The van der Waals surface area contributed by atoms with E-state index in [0.29, 0.717) is 24.2 Å². The molecule has 1 heterocycles. The van der Waals surface area contributed by atoms with Crippen molar-refractivity contribution >= 4 is 17.6 Å². The number of nitrogens with zero attached hydrogens (tertiary/aromatic N) is 2. The number of aromatic nitrogens is 2. The summed E-state index contributed by atoms with van der Waals surface area (Å²) in [6, 6.07) is 8.14. The predicted octanol–water partition coefficient (Wildman–Crippen LogP) is 4.27. The van der Waals surface area contributed by atoms with Gasteiger partial charge in [0.1, 0.15) is 0 Å². The Morgan fingerprint density at radius 3 is 2.43 bits per heavy atom. The van der Waals surface area contributed by atoms with Gasteiger partial charge in [0.15, 0.2) is 5.69 Å². The number of aromatic carboxylic acids is 1. The van der Waals surface area contributed by atoms with Crippen LogP contribution in [0.5, 0.6) is 0 Å². The molecule has 9 heteroatoms. The van der Waals surface area contributed by atoms with Crippen LogP contribution in [0.3, 0.4) is 0 Å². The molecule has 2 N–H and O–H groups in total. The summed E-state index contributed by atoms with van der Waals surface area (Å²) in [5.74, 6) is -2.78. The maximum atomic E-state index is 12.8. The highest BCUT2D eigenvalue weighted by atomic mass is 19.4. The molecule has 0 unspecified atom stereocenters. The van der Waals surface area contributed by atoms with Crippen molar-refractivity contribution in [2.75, 3.05) is 5.32 Å². The van der Waals surface area contributed by atoms with Crippen molar-refractivity contribution in [3.8, 4) is 5.69 Å². The molecule has 150 valence electrons. The summed E-state index contributed by atoms with van der Waals surface area (Å²) in [4.78, 5) is 23.4. The third kappa shape index (κ3) is 4.71. The fraction of sp³-hybridized carbons (Fsp3) is 0.421. The third-order valence-electron chi connectivity index (χ3n) is 5.02. The molecule has 2 aromatic rings. The van der Waals surface area contributed by atoms with Crippen molar-refractivity contribution in [1.82, 2.24) is 9.78 Å². The van der Waals surface area contributed by atoms with E-state index in [-0.39, 0.29) is 36.8 Å². The molecule has 0 radical (unpaired) electrons. The fourth-order valence-electron chi connectivity index (χ4n) is 3.51. The zero-order chi connectivity index (χ0) is 20.3. The van der Waals surface area contributed by atoms with Crippen LogP contribution in [0.25, 0.3) is 5.69 Å². The van der Waals surface area contributed by atoms with E-state index in [9.17, 15) is 22.8 Å². The number of rotatable bonds is 5. The standard InChI is InChI=1S/C19H20F3N3O3/c20-19(21,22)13-7-5-12(6-8-13)11-17(26)23-14-3-1-2-4-16(14)25-10-9-15(24-25)18(27)28/h1-4,9-10,12-13H,5-8,11H2,(H,23,26)(H,27,28). The first-order valence-electron chi connectivity index (χ1n) is 8.99. The number of nitrogens with one attached hydrogen (secondary N) is 1. The van der Waals surface area contributed by atoms with Gasteiger partial charge in [0, 0.05) is 12.6 Å². The monoisotopic (exact) mass is 395 g/mol. The lowest BCUT2D eigenvalue weighted by molar-refractivity contribution is -0.183. The molecule has 1 saturated carbocycles. The van der Waals surface area contributed by atoms with Gasteiger partial charge in [-0.2, -0.15) is 18.3 Å². The van der Waals surface area contributed by atoms with E-state index in [2.05, 4.69) is 10.4 Å². The van der Waals surface area contributed by atoms with Crippen LogP contribution in [0.4, 0.5) is 18.9 Å². The lowest BCUT2D eigenvalue weighted by Crippen LogP contribution is -2.29. The molecule has 1 aromatic heterocycles. The maximum absolute atomic E-state index is 12.8. The highest BCUT2D eigenvalue weighted by Crippen LogP contribution is 2.40. The van der Waals surface area contributed by atoms with E-state index >= 15 is 0 Å². The van der Waals surface area contributed by atoms with Gasteiger partial charge in [0.2, 0.25) is 5.91 Å². The van der Waals surface area contributed by atoms with Gasteiger partial charge < -0.3 is 10.4 Å². The number of carbonyl (C=O) groups excluding carboxylic acids is 1. The number of hydrogen-bond acceptors (Lipinski definition) is 3. The first-order valence-corrected chi connectivity index (χ1v) is 8.99. The zero-order valence-corrected chi connectivity index (χ0v) is 14.9. The maximum Gasteiger partial charge on any atom is 0.391 e. The summed E-state index contributed by atoms with van der Waals surface area (Å²) in [6.45, 7) is 0. The number of alkyl halides is 3. The second-order valence-corrected chi connectivity index (χ2v) is 6.98. The van der Waals surface area contributed by atoms with Gasteiger partial charge in [-0.05, 0) is 49.8 Å². The van der Waals surface area contributed by atoms with Gasteiger partial charge in [-0.15, -0.1) is 0 Å². The number of benzene rings is 1. The van der Waals surface area contributed by atoms with E-state index in [1.54, 1.807) is 24.3 Å². The fourth-order valence-corrected chi connectivity index (χ4v) is 3.51. The zero-order valence-electron chi connectivity index (χ0n) is 14.9. The molecule has 6 nitrogen and oxygen atoms in total. The van der Waals surface area contributed by atoms with Gasteiger partial charge in [-0.3, -0.25) is 4.79 Å². The van der Waals surface area contributed by atoms with Gasteiger partial charge in [-0.1, -0.05) is 12.1 Å². The van der Waals surface area contributed by atoms with Crippen LogP contribution in [0, 0.1) is 11.8 Å². The van der Waals surface area contributed by atoms with Crippen LogP contribution < -0.4 is 5.32 Å². The number of carbonyl (C=O) groups is 2. The lowest BCUT2D eigenvalue weighted by Gasteiger charge is -2.29. The molecular formula is C19H20F3N3O3. The van der Waals surface area contributed by atoms with Gasteiger partial charge >= 0.3 is 12.1 Å². The predicted molar refractivity (Wildman–Crippen MR) is 95.3 cm³/mol. The summed E-state index contributed by atoms with van der Waals surface area (Å²) in [6.07, 6.45) is -1.66. The normalized spacial score (nSPS) is 20.0. The van der Waals surface area contributed by atoms with E-state index < -0.39 is 18.1 Å². The number of anilines is 1. The Kier molecular flexibility index (Phi) is 5.71. The molecule has 28 heavy (non-hydrogen) atoms. The SMILES string of the molecule is O=C(CC1CCC(C(F)(F)F)CC1)Nc1ccccc1-n1ccc(C(=O)O)n1. The summed E-state index contributed by atoms with van der Waals surface area (Å²) >= 11 is 0. The number of carboxylic acids is 1. The smallest absolute Gasteiger partial charge is 0.391 e. The summed E-state index contributed by atoms with van der Waals surface area (Å²) < 4.78 is 39.6. The Morgan fingerprint density at radius 1 is 1.14 bits per heavy atom. The molecule has 0 bridgehead atoms. The second kappa shape index (κ2) is 8.04. The Labute approximate surface area is 159 Å². The minimum Gasteiger partial charge on any atom is -0.476 e. The molecular weight excluding hydrogens is 375 g/mol. The number of hydrogen-bond donors (Lipinski definition) is 2. The van der Waals surface area contributed by atoms with Crippen LogP contribution in [-0.4, -0.2) is 32.9 Å². The molecule has 0 atom stereocenters. The van der Waals surface area contributed by atoms with E-state index in [4.69, 9.17) is 5.11 Å². The topological polar surface area (TPSA) is 84.2 Å². The van der Waals surface area contributed by atoms with Crippen molar-refractivity contribution in [1.29, 1.82) is 0 Å². The molecule has 0 spiro atoms. The van der Waals surface area contributed by atoms with Crippen molar-refractivity contribution in [2.45, 2.75) is 38.3 Å². The van der Waals surface area contributed by atoms with E-state index in [1.165, 1.54) is 16.9 Å².